The van der Waals surface area contributed by atoms with E-state index in [2.05, 4.69) is 10.3 Å². The molecule has 3 heterocycles. The van der Waals surface area contributed by atoms with E-state index < -0.39 is 5.60 Å². The van der Waals surface area contributed by atoms with Crippen molar-refractivity contribution in [1.82, 2.24) is 24.5 Å². The van der Waals surface area contributed by atoms with E-state index in [1.54, 1.807) is 45.9 Å². The van der Waals surface area contributed by atoms with Crippen molar-refractivity contribution >= 4 is 17.5 Å². The van der Waals surface area contributed by atoms with E-state index in [1.165, 1.54) is 0 Å². The SMILES string of the molecule is Cn1cc(Cl)cc1C(=O)N1CCCC(O)(Cn2ccnn2)C1. The fraction of sp³-hybridized carbons (Fsp3) is 0.500. The first kappa shape index (κ1) is 15.1. The van der Waals surface area contributed by atoms with Crippen molar-refractivity contribution in [3.8, 4) is 0 Å². The number of hydrogen-bond acceptors (Lipinski definition) is 4. The van der Waals surface area contributed by atoms with Crippen molar-refractivity contribution in [2.45, 2.75) is 25.0 Å². The minimum atomic E-state index is -0.990. The molecule has 1 aliphatic heterocycles. The third-order valence-corrected chi connectivity index (χ3v) is 4.17. The average molecular weight is 324 g/mol. The zero-order chi connectivity index (χ0) is 15.7. The molecule has 0 spiro atoms. The Morgan fingerprint density at radius 1 is 1.55 bits per heavy atom. The van der Waals surface area contributed by atoms with E-state index in [-0.39, 0.29) is 12.5 Å². The number of piperidine rings is 1. The number of amides is 1. The number of halogens is 1. The first-order valence-corrected chi connectivity index (χ1v) is 7.52. The first-order valence-electron chi connectivity index (χ1n) is 7.14. The van der Waals surface area contributed by atoms with Gasteiger partial charge in [0, 0.05) is 26.0 Å². The Morgan fingerprint density at radius 2 is 2.36 bits per heavy atom. The third kappa shape index (κ3) is 3.00. The van der Waals surface area contributed by atoms with Gasteiger partial charge >= 0.3 is 0 Å². The van der Waals surface area contributed by atoms with Gasteiger partial charge in [-0.05, 0) is 18.9 Å². The van der Waals surface area contributed by atoms with Gasteiger partial charge in [0.2, 0.25) is 0 Å². The second kappa shape index (κ2) is 5.73. The smallest absolute Gasteiger partial charge is 0.270 e. The number of likely N-dealkylation sites (tertiary alicyclic amines) is 1. The number of aromatic nitrogens is 4. The standard InChI is InChI=1S/C14H18ClN5O2/c1-18-8-11(15)7-12(18)13(21)19-5-2-3-14(22,9-19)10-20-6-4-16-17-20/h4,6-8,22H,2-3,5,9-10H2,1H3. The molecule has 0 aromatic carbocycles. The van der Waals surface area contributed by atoms with Crippen LogP contribution in [0, 0.1) is 0 Å². The second-order valence-electron chi connectivity index (χ2n) is 5.81. The Bertz CT molecular complexity index is 669. The average Bonchev–Trinajstić information content (AvgIpc) is 3.07. The summed E-state index contributed by atoms with van der Waals surface area (Å²) in [7, 11) is 1.78. The van der Waals surface area contributed by atoms with Crippen LogP contribution in [0.5, 0.6) is 0 Å². The maximum absolute atomic E-state index is 12.6. The van der Waals surface area contributed by atoms with Crippen molar-refractivity contribution < 1.29 is 9.90 Å². The summed E-state index contributed by atoms with van der Waals surface area (Å²) >= 11 is 5.94. The van der Waals surface area contributed by atoms with Gasteiger partial charge in [0.25, 0.3) is 5.91 Å². The van der Waals surface area contributed by atoms with Crippen molar-refractivity contribution in [2.24, 2.45) is 7.05 Å². The fourth-order valence-electron chi connectivity index (χ4n) is 2.93. The Kier molecular flexibility index (Phi) is 3.92. The van der Waals surface area contributed by atoms with Crippen LogP contribution in [-0.2, 0) is 13.6 Å². The van der Waals surface area contributed by atoms with Crippen LogP contribution in [0.4, 0.5) is 0 Å². The van der Waals surface area contributed by atoms with Crippen molar-refractivity contribution in [3.63, 3.8) is 0 Å². The quantitative estimate of drug-likeness (QED) is 0.912. The zero-order valence-corrected chi connectivity index (χ0v) is 13.1. The van der Waals surface area contributed by atoms with Gasteiger partial charge in [-0.25, -0.2) is 4.68 Å². The van der Waals surface area contributed by atoms with Crippen LogP contribution in [0.3, 0.4) is 0 Å². The molecule has 2 aromatic rings. The molecule has 1 N–H and O–H groups in total. The summed E-state index contributed by atoms with van der Waals surface area (Å²) in [4.78, 5) is 14.3. The number of rotatable bonds is 3. The molecule has 22 heavy (non-hydrogen) atoms. The Morgan fingerprint density at radius 3 is 3.00 bits per heavy atom. The number of hydrogen-bond donors (Lipinski definition) is 1. The van der Waals surface area contributed by atoms with E-state index in [0.717, 1.165) is 6.42 Å². The lowest BCUT2D eigenvalue weighted by Crippen LogP contribution is -2.52. The van der Waals surface area contributed by atoms with Gasteiger partial charge in [-0.15, -0.1) is 5.10 Å². The molecule has 1 aliphatic rings. The Balaban J connectivity index is 1.75. The number of nitrogens with zero attached hydrogens (tertiary/aromatic N) is 5. The van der Waals surface area contributed by atoms with Crippen LogP contribution in [0.15, 0.2) is 24.7 Å². The summed E-state index contributed by atoms with van der Waals surface area (Å²) in [5.41, 5.74) is -0.466. The molecule has 3 rings (SSSR count). The molecular formula is C14H18ClN5O2. The number of carbonyl (C=O) groups excluding carboxylic acids is 1. The zero-order valence-electron chi connectivity index (χ0n) is 12.3. The Hall–Kier alpha value is -1.86. The van der Waals surface area contributed by atoms with Crippen LogP contribution < -0.4 is 0 Å². The maximum Gasteiger partial charge on any atom is 0.270 e. The Labute approximate surface area is 133 Å². The molecule has 2 aromatic heterocycles. The molecule has 1 amide bonds. The van der Waals surface area contributed by atoms with E-state index in [4.69, 9.17) is 11.6 Å². The lowest BCUT2D eigenvalue weighted by Gasteiger charge is -2.39. The van der Waals surface area contributed by atoms with Gasteiger partial charge in [-0.3, -0.25) is 4.79 Å². The van der Waals surface area contributed by atoms with Gasteiger partial charge in [-0.2, -0.15) is 0 Å². The predicted octanol–water partition coefficient (Wildman–Crippen LogP) is 0.937. The highest BCUT2D eigenvalue weighted by Gasteiger charge is 2.36. The van der Waals surface area contributed by atoms with Gasteiger partial charge in [0.1, 0.15) is 11.3 Å². The summed E-state index contributed by atoms with van der Waals surface area (Å²) in [6.45, 7) is 1.22. The molecular weight excluding hydrogens is 306 g/mol. The molecule has 8 heteroatoms. The third-order valence-electron chi connectivity index (χ3n) is 3.96. The molecule has 0 saturated carbocycles. The topological polar surface area (TPSA) is 76.2 Å². The minimum absolute atomic E-state index is 0.119. The van der Waals surface area contributed by atoms with Crippen molar-refractivity contribution in [1.29, 1.82) is 0 Å². The monoisotopic (exact) mass is 323 g/mol. The molecule has 0 bridgehead atoms. The molecule has 0 aliphatic carbocycles. The predicted molar refractivity (Wildman–Crippen MR) is 80.5 cm³/mol. The van der Waals surface area contributed by atoms with E-state index in [9.17, 15) is 9.90 Å². The van der Waals surface area contributed by atoms with E-state index in [0.29, 0.717) is 30.2 Å². The number of aliphatic hydroxyl groups is 1. The van der Waals surface area contributed by atoms with Crippen LogP contribution in [0.1, 0.15) is 23.3 Å². The summed E-state index contributed by atoms with van der Waals surface area (Å²) in [6.07, 6.45) is 6.34. The molecule has 1 fully saturated rings. The molecule has 1 saturated heterocycles. The number of β-amino-alcohol motifs (C(OH)–C–C–N with tert-alkyl or cyclic N) is 1. The molecule has 1 unspecified atom stereocenters. The summed E-state index contributed by atoms with van der Waals surface area (Å²) in [6, 6.07) is 1.65. The van der Waals surface area contributed by atoms with Crippen LogP contribution in [0.2, 0.25) is 5.02 Å². The van der Waals surface area contributed by atoms with E-state index in [1.807, 2.05) is 0 Å². The van der Waals surface area contributed by atoms with Crippen molar-refractivity contribution in [2.75, 3.05) is 13.1 Å². The van der Waals surface area contributed by atoms with Gasteiger partial charge in [-0.1, -0.05) is 16.8 Å². The first-order chi connectivity index (χ1) is 10.5. The largest absolute Gasteiger partial charge is 0.386 e. The number of carbonyl (C=O) groups is 1. The van der Waals surface area contributed by atoms with Gasteiger partial charge in [0.05, 0.1) is 24.3 Å². The second-order valence-corrected chi connectivity index (χ2v) is 6.25. The van der Waals surface area contributed by atoms with Crippen LogP contribution in [0.25, 0.3) is 0 Å². The molecule has 1 atom stereocenters. The summed E-state index contributed by atoms with van der Waals surface area (Å²) in [5.74, 6) is -0.119. The number of aryl methyl sites for hydroxylation is 1. The highest BCUT2D eigenvalue weighted by molar-refractivity contribution is 6.31. The summed E-state index contributed by atoms with van der Waals surface area (Å²) < 4.78 is 3.29. The lowest BCUT2D eigenvalue weighted by molar-refractivity contribution is -0.0389. The minimum Gasteiger partial charge on any atom is -0.386 e. The highest BCUT2D eigenvalue weighted by Crippen LogP contribution is 2.25. The maximum atomic E-state index is 12.6. The van der Waals surface area contributed by atoms with Gasteiger partial charge in [0.15, 0.2) is 0 Å². The van der Waals surface area contributed by atoms with Gasteiger partial charge < -0.3 is 14.6 Å². The fourth-order valence-corrected chi connectivity index (χ4v) is 3.18. The highest BCUT2D eigenvalue weighted by atomic mass is 35.5. The summed E-state index contributed by atoms with van der Waals surface area (Å²) in [5, 5.41) is 18.9. The van der Waals surface area contributed by atoms with Crippen LogP contribution in [-0.4, -0.2) is 54.2 Å². The lowest BCUT2D eigenvalue weighted by atomic mass is 9.92. The molecule has 0 radical (unpaired) electrons. The van der Waals surface area contributed by atoms with Crippen molar-refractivity contribution in [3.05, 3.63) is 35.4 Å². The molecule has 7 nitrogen and oxygen atoms in total. The van der Waals surface area contributed by atoms with Crippen LogP contribution >= 0.6 is 11.6 Å². The molecule has 118 valence electrons. The normalized spacial score (nSPS) is 22.0. The van der Waals surface area contributed by atoms with E-state index >= 15 is 0 Å².